The number of pyridine rings is 1. The van der Waals surface area contributed by atoms with Crippen LogP contribution in [0.4, 0.5) is 5.82 Å². The largest absolute Gasteiger partial charge is 0.378 e. The van der Waals surface area contributed by atoms with Gasteiger partial charge in [0, 0.05) is 19.3 Å². The molecular formula is C14H20N2O2. The van der Waals surface area contributed by atoms with E-state index in [2.05, 4.69) is 4.98 Å². The Hall–Kier alpha value is -1.42. The molecule has 1 saturated heterocycles. The first-order valence-electron chi connectivity index (χ1n) is 6.42. The van der Waals surface area contributed by atoms with Crippen molar-refractivity contribution in [2.45, 2.75) is 32.8 Å². The summed E-state index contributed by atoms with van der Waals surface area (Å²) in [5.74, 6) is 0.754. The van der Waals surface area contributed by atoms with Gasteiger partial charge in [-0.05, 0) is 38.8 Å². The van der Waals surface area contributed by atoms with Crippen molar-refractivity contribution in [2.75, 3.05) is 18.6 Å². The maximum atomic E-state index is 12.4. The number of ether oxygens (including phenoxy) is 1. The molecule has 0 aliphatic carbocycles. The van der Waals surface area contributed by atoms with Crippen molar-refractivity contribution in [1.82, 2.24) is 4.98 Å². The molecule has 0 radical (unpaired) electrons. The lowest BCUT2D eigenvalue weighted by Crippen LogP contribution is -2.41. The lowest BCUT2D eigenvalue weighted by molar-refractivity contribution is -0.130. The summed E-state index contributed by atoms with van der Waals surface area (Å²) in [6.07, 6.45) is 1.85. The highest BCUT2D eigenvalue weighted by atomic mass is 16.5. The molecule has 4 heteroatoms. The average Bonchev–Trinajstić information content (AvgIpc) is 2.37. The van der Waals surface area contributed by atoms with Crippen LogP contribution in [-0.4, -0.2) is 30.6 Å². The minimum atomic E-state index is -0.0499. The highest BCUT2D eigenvalue weighted by Gasteiger charge is 2.31. The number of rotatable bonds is 2. The summed E-state index contributed by atoms with van der Waals surface area (Å²) in [4.78, 5) is 18.4. The van der Waals surface area contributed by atoms with Gasteiger partial charge >= 0.3 is 0 Å². The summed E-state index contributed by atoms with van der Waals surface area (Å²) in [6, 6.07) is 5.70. The fraction of sp³-hybridized carbons (Fsp3) is 0.571. The van der Waals surface area contributed by atoms with Crippen LogP contribution in [-0.2, 0) is 9.53 Å². The summed E-state index contributed by atoms with van der Waals surface area (Å²) in [6.45, 7) is 4.66. The molecule has 1 aliphatic heterocycles. The molecule has 0 bridgehead atoms. The number of carbonyl (C=O) groups is 1. The van der Waals surface area contributed by atoms with Crippen molar-refractivity contribution < 1.29 is 9.53 Å². The van der Waals surface area contributed by atoms with E-state index in [1.54, 1.807) is 11.9 Å². The molecule has 0 saturated carbocycles. The van der Waals surface area contributed by atoms with Crippen molar-refractivity contribution in [3.63, 3.8) is 0 Å². The van der Waals surface area contributed by atoms with Crippen LogP contribution in [0.2, 0.25) is 0 Å². The van der Waals surface area contributed by atoms with Gasteiger partial charge in [0.15, 0.2) is 0 Å². The fourth-order valence-electron chi connectivity index (χ4n) is 2.32. The number of hydrogen-bond donors (Lipinski definition) is 0. The van der Waals surface area contributed by atoms with E-state index in [4.69, 9.17) is 4.74 Å². The van der Waals surface area contributed by atoms with Gasteiger partial charge in [-0.3, -0.25) is 9.69 Å². The molecule has 2 atom stereocenters. The molecule has 1 aromatic rings. The topological polar surface area (TPSA) is 42.4 Å². The molecule has 4 nitrogen and oxygen atoms in total. The summed E-state index contributed by atoms with van der Waals surface area (Å²) in [5, 5.41) is 0. The van der Waals surface area contributed by atoms with Crippen LogP contribution in [0.1, 0.15) is 25.5 Å². The SMILES string of the molecule is Cc1cccc(N(C)C(=O)C2CCCOC2C)n1. The number of nitrogens with zero attached hydrogens (tertiary/aromatic N) is 2. The Morgan fingerprint density at radius 3 is 2.94 bits per heavy atom. The van der Waals surface area contributed by atoms with Crippen LogP contribution in [0.5, 0.6) is 0 Å². The minimum Gasteiger partial charge on any atom is -0.378 e. The minimum absolute atomic E-state index is 0.00138. The number of anilines is 1. The Morgan fingerprint density at radius 2 is 2.28 bits per heavy atom. The second-order valence-corrected chi connectivity index (χ2v) is 4.86. The van der Waals surface area contributed by atoms with Crippen LogP contribution in [0, 0.1) is 12.8 Å². The highest BCUT2D eigenvalue weighted by Crippen LogP contribution is 2.24. The van der Waals surface area contributed by atoms with E-state index in [1.807, 2.05) is 32.0 Å². The van der Waals surface area contributed by atoms with E-state index < -0.39 is 0 Å². The van der Waals surface area contributed by atoms with Crippen molar-refractivity contribution in [3.05, 3.63) is 23.9 Å². The Kier molecular flexibility index (Phi) is 3.97. The van der Waals surface area contributed by atoms with Gasteiger partial charge in [0.25, 0.3) is 0 Å². The number of carbonyl (C=O) groups excluding carboxylic acids is 1. The first kappa shape index (κ1) is 13.0. The molecule has 1 aromatic heterocycles. The zero-order valence-electron chi connectivity index (χ0n) is 11.2. The van der Waals surface area contributed by atoms with Crippen molar-refractivity contribution in [1.29, 1.82) is 0 Å². The monoisotopic (exact) mass is 248 g/mol. The molecule has 0 N–H and O–H groups in total. The van der Waals surface area contributed by atoms with Crippen LogP contribution in [0.3, 0.4) is 0 Å². The maximum Gasteiger partial charge on any atom is 0.233 e. The molecule has 2 heterocycles. The zero-order valence-corrected chi connectivity index (χ0v) is 11.2. The van der Waals surface area contributed by atoms with Crippen molar-refractivity contribution in [3.8, 4) is 0 Å². The Labute approximate surface area is 108 Å². The molecule has 98 valence electrons. The Balaban J connectivity index is 2.13. The third-order valence-electron chi connectivity index (χ3n) is 3.47. The molecule has 2 rings (SSSR count). The molecule has 0 aromatic carbocycles. The van der Waals surface area contributed by atoms with Crippen LogP contribution in [0.25, 0.3) is 0 Å². The second kappa shape index (κ2) is 5.48. The first-order valence-corrected chi connectivity index (χ1v) is 6.42. The van der Waals surface area contributed by atoms with E-state index in [-0.39, 0.29) is 17.9 Å². The van der Waals surface area contributed by atoms with Crippen molar-refractivity contribution in [2.24, 2.45) is 5.92 Å². The Morgan fingerprint density at radius 1 is 1.50 bits per heavy atom. The lowest BCUT2D eigenvalue weighted by atomic mass is 9.94. The molecule has 18 heavy (non-hydrogen) atoms. The van der Waals surface area contributed by atoms with Gasteiger partial charge in [0.1, 0.15) is 5.82 Å². The number of hydrogen-bond acceptors (Lipinski definition) is 3. The lowest BCUT2D eigenvalue weighted by Gasteiger charge is -2.31. The van der Waals surface area contributed by atoms with Gasteiger partial charge in [-0.15, -0.1) is 0 Å². The smallest absolute Gasteiger partial charge is 0.233 e. The third kappa shape index (κ3) is 2.70. The quantitative estimate of drug-likeness (QED) is 0.805. The molecule has 1 fully saturated rings. The zero-order chi connectivity index (χ0) is 13.1. The fourth-order valence-corrected chi connectivity index (χ4v) is 2.32. The maximum absolute atomic E-state index is 12.4. The highest BCUT2D eigenvalue weighted by molar-refractivity contribution is 5.94. The summed E-state index contributed by atoms with van der Waals surface area (Å²) >= 11 is 0. The van der Waals surface area contributed by atoms with E-state index >= 15 is 0 Å². The number of aryl methyl sites for hydroxylation is 1. The number of aromatic nitrogens is 1. The van der Waals surface area contributed by atoms with Gasteiger partial charge in [0.05, 0.1) is 12.0 Å². The third-order valence-corrected chi connectivity index (χ3v) is 3.47. The van der Waals surface area contributed by atoms with Gasteiger partial charge < -0.3 is 4.74 Å². The van der Waals surface area contributed by atoms with Gasteiger partial charge in [-0.25, -0.2) is 4.98 Å². The molecule has 1 aliphatic rings. The Bertz CT molecular complexity index is 434. The molecular weight excluding hydrogens is 228 g/mol. The first-order chi connectivity index (χ1) is 8.59. The van der Waals surface area contributed by atoms with E-state index in [0.717, 1.165) is 25.1 Å². The summed E-state index contributed by atoms with van der Waals surface area (Å²) in [7, 11) is 1.78. The van der Waals surface area contributed by atoms with Crippen LogP contribution < -0.4 is 4.90 Å². The van der Waals surface area contributed by atoms with E-state index in [1.165, 1.54) is 0 Å². The normalized spacial score (nSPS) is 23.7. The summed E-state index contributed by atoms with van der Waals surface area (Å²) in [5.41, 5.74) is 0.917. The van der Waals surface area contributed by atoms with Gasteiger partial charge in [0.2, 0.25) is 5.91 Å². The summed E-state index contributed by atoms with van der Waals surface area (Å²) < 4.78 is 5.55. The standard InChI is InChI=1S/C14H20N2O2/c1-10-6-4-8-13(15-10)16(3)14(17)12-7-5-9-18-11(12)2/h4,6,8,11-12H,5,7,9H2,1-3H3. The van der Waals surface area contributed by atoms with Crippen LogP contribution >= 0.6 is 0 Å². The van der Waals surface area contributed by atoms with Crippen molar-refractivity contribution >= 4 is 11.7 Å². The predicted molar refractivity (Wildman–Crippen MR) is 70.5 cm³/mol. The molecule has 0 spiro atoms. The van der Waals surface area contributed by atoms with Gasteiger partial charge in [-0.2, -0.15) is 0 Å². The second-order valence-electron chi connectivity index (χ2n) is 4.86. The number of amides is 1. The predicted octanol–water partition coefficient (Wildman–Crippen LogP) is 2.17. The van der Waals surface area contributed by atoms with Crippen LogP contribution in [0.15, 0.2) is 18.2 Å². The molecule has 2 unspecified atom stereocenters. The molecule has 1 amide bonds. The average molecular weight is 248 g/mol. The van der Waals surface area contributed by atoms with E-state index in [0.29, 0.717) is 5.82 Å². The van der Waals surface area contributed by atoms with Gasteiger partial charge in [-0.1, -0.05) is 6.07 Å². The van der Waals surface area contributed by atoms with E-state index in [9.17, 15) is 4.79 Å².